The molecule has 120 valence electrons. The maximum atomic E-state index is 12.4. The zero-order valence-electron chi connectivity index (χ0n) is 14.0. The van der Waals surface area contributed by atoms with Gasteiger partial charge in [-0.2, -0.15) is 0 Å². The predicted octanol–water partition coefficient (Wildman–Crippen LogP) is 2.28. The third kappa shape index (κ3) is 3.21. The van der Waals surface area contributed by atoms with E-state index in [1.807, 2.05) is 46.8 Å². The molecule has 0 spiro atoms. The topological polar surface area (TPSA) is 62.7 Å². The Bertz CT molecular complexity index is 607. The Morgan fingerprint density at radius 3 is 2.50 bits per heavy atom. The van der Waals surface area contributed by atoms with Crippen LogP contribution in [-0.2, 0) is 9.53 Å². The van der Waals surface area contributed by atoms with Gasteiger partial charge < -0.3 is 9.64 Å². The number of likely N-dealkylation sites (N-methyl/N-ethyl adjacent to an activating group) is 1. The summed E-state index contributed by atoms with van der Waals surface area (Å²) in [6, 6.07) is 2.90. The number of amides is 2. The van der Waals surface area contributed by atoms with Crippen LogP contribution in [0.15, 0.2) is 12.1 Å². The molecule has 2 amide bonds. The Morgan fingerprint density at radius 2 is 1.95 bits per heavy atom. The van der Waals surface area contributed by atoms with E-state index >= 15 is 0 Å². The van der Waals surface area contributed by atoms with E-state index in [1.54, 1.807) is 11.9 Å². The first-order valence-electron chi connectivity index (χ1n) is 7.31. The first-order chi connectivity index (χ1) is 10.1. The van der Waals surface area contributed by atoms with Crippen LogP contribution in [0, 0.1) is 13.8 Å². The fraction of sp³-hybridized carbons (Fsp3) is 0.562. The van der Waals surface area contributed by atoms with Crippen molar-refractivity contribution in [2.24, 2.45) is 0 Å². The van der Waals surface area contributed by atoms with Crippen molar-refractivity contribution in [2.45, 2.75) is 46.3 Å². The molecule has 0 bridgehead atoms. The van der Waals surface area contributed by atoms with Gasteiger partial charge in [-0.1, -0.05) is 0 Å². The molecule has 1 aromatic heterocycles. The zero-order valence-corrected chi connectivity index (χ0v) is 14.0. The van der Waals surface area contributed by atoms with Gasteiger partial charge in [0.2, 0.25) is 0 Å². The van der Waals surface area contributed by atoms with Crippen molar-refractivity contribution in [3.63, 3.8) is 0 Å². The number of carbonyl (C=O) groups excluding carboxylic acids is 2. The molecule has 0 aliphatic carbocycles. The molecule has 22 heavy (non-hydrogen) atoms. The van der Waals surface area contributed by atoms with Gasteiger partial charge >= 0.3 is 12.0 Å². The predicted molar refractivity (Wildman–Crippen MR) is 83.8 cm³/mol. The van der Waals surface area contributed by atoms with Crippen molar-refractivity contribution in [3.05, 3.63) is 23.5 Å². The number of urea groups is 1. The van der Waals surface area contributed by atoms with E-state index in [0.29, 0.717) is 0 Å². The van der Waals surface area contributed by atoms with Crippen molar-refractivity contribution in [1.29, 1.82) is 0 Å². The van der Waals surface area contributed by atoms with E-state index in [-0.39, 0.29) is 18.5 Å². The number of rotatable bonds is 2. The standard InChI is InChI=1S/C16H23N3O3/c1-10-7-8-12(11(2)17-10)19-9-13(18(6)15(19)21)14(20)22-16(3,4)5/h7-8,13H,9H2,1-6H3. The van der Waals surface area contributed by atoms with Gasteiger partial charge in [0.15, 0.2) is 0 Å². The Balaban J connectivity index is 2.23. The Hall–Kier alpha value is -2.11. The van der Waals surface area contributed by atoms with Gasteiger partial charge in [-0.05, 0) is 46.8 Å². The van der Waals surface area contributed by atoms with Gasteiger partial charge in [0.1, 0.15) is 11.6 Å². The summed E-state index contributed by atoms with van der Waals surface area (Å²) < 4.78 is 5.40. The van der Waals surface area contributed by atoms with E-state index in [1.165, 1.54) is 4.90 Å². The summed E-state index contributed by atoms with van der Waals surface area (Å²) in [5.74, 6) is -0.386. The SMILES string of the molecule is Cc1ccc(N2CC(C(=O)OC(C)(C)C)N(C)C2=O)c(C)n1. The molecule has 1 atom stereocenters. The zero-order chi connectivity index (χ0) is 16.7. The van der Waals surface area contributed by atoms with Crippen LogP contribution in [0.1, 0.15) is 32.2 Å². The van der Waals surface area contributed by atoms with Crippen LogP contribution in [0.25, 0.3) is 0 Å². The lowest BCUT2D eigenvalue weighted by molar-refractivity contribution is -0.158. The quantitative estimate of drug-likeness (QED) is 0.786. The van der Waals surface area contributed by atoms with Crippen LogP contribution in [-0.4, -0.2) is 47.1 Å². The lowest BCUT2D eigenvalue weighted by Crippen LogP contribution is -2.40. The first-order valence-corrected chi connectivity index (χ1v) is 7.31. The highest BCUT2D eigenvalue weighted by molar-refractivity contribution is 5.99. The number of ether oxygens (including phenoxy) is 1. The summed E-state index contributed by atoms with van der Waals surface area (Å²) in [7, 11) is 1.62. The Labute approximate surface area is 131 Å². The van der Waals surface area contributed by atoms with Crippen LogP contribution >= 0.6 is 0 Å². The van der Waals surface area contributed by atoms with Gasteiger partial charge in [0.25, 0.3) is 0 Å². The fourth-order valence-corrected chi connectivity index (χ4v) is 2.47. The highest BCUT2D eigenvalue weighted by Crippen LogP contribution is 2.26. The minimum Gasteiger partial charge on any atom is -0.458 e. The van der Waals surface area contributed by atoms with E-state index < -0.39 is 11.6 Å². The second-order valence-corrected chi connectivity index (χ2v) is 6.61. The lowest BCUT2D eigenvalue weighted by atomic mass is 10.2. The van der Waals surface area contributed by atoms with Gasteiger partial charge in [0.05, 0.1) is 17.9 Å². The molecule has 6 nitrogen and oxygen atoms in total. The molecular weight excluding hydrogens is 282 g/mol. The lowest BCUT2D eigenvalue weighted by Gasteiger charge is -2.24. The third-order valence-corrected chi connectivity index (χ3v) is 3.52. The molecule has 1 aliphatic rings. The molecule has 0 N–H and O–H groups in total. The normalized spacial score (nSPS) is 18.8. The molecule has 1 unspecified atom stereocenters. The number of aryl methyl sites for hydroxylation is 2. The molecule has 0 radical (unpaired) electrons. The number of hydrogen-bond acceptors (Lipinski definition) is 4. The molecule has 2 heterocycles. The third-order valence-electron chi connectivity index (χ3n) is 3.52. The monoisotopic (exact) mass is 305 g/mol. The van der Waals surface area contributed by atoms with Crippen LogP contribution in [0.3, 0.4) is 0 Å². The summed E-state index contributed by atoms with van der Waals surface area (Å²) in [4.78, 5) is 32.1. The van der Waals surface area contributed by atoms with E-state index in [0.717, 1.165) is 17.1 Å². The van der Waals surface area contributed by atoms with Crippen molar-refractivity contribution < 1.29 is 14.3 Å². The highest BCUT2D eigenvalue weighted by Gasteiger charge is 2.42. The van der Waals surface area contributed by atoms with Crippen LogP contribution in [0.4, 0.5) is 10.5 Å². The van der Waals surface area contributed by atoms with Crippen LogP contribution in [0.5, 0.6) is 0 Å². The molecule has 0 saturated carbocycles. The smallest absolute Gasteiger partial charge is 0.331 e. The second-order valence-electron chi connectivity index (χ2n) is 6.61. The maximum absolute atomic E-state index is 12.4. The number of anilines is 1. The van der Waals surface area contributed by atoms with E-state index in [4.69, 9.17) is 4.74 Å². The summed E-state index contributed by atoms with van der Waals surface area (Å²) in [5.41, 5.74) is 1.82. The molecule has 1 aromatic rings. The Morgan fingerprint density at radius 1 is 1.32 bits per heavy atom. The molecule has 2 rings (SSSR count). The minimum absolute atomic E-state index is 0.218. The summed E-state index contributed by atoms with van der Waals surface area (Å²) in [6.45, 7) is 9.47. The number of aromatic nitrogens is 1. The average molecular weight is 305 g/mol. The molecule has 0 aromatic carbocycles. The summed E-state index contributed by atoms with van der Waals surface area (Å²) >= 11 is 0. The number of carbonyl (C=O) groups is 2. The van der Waals surface area contributed by atoms with E-state index in [2.05, 4.69) is 4.98 Å². The second kappa shape index (κ2) is 5.59. The van der Waals surface area contributed by atoms with Gasteiger partial charge in [-0.3, -0.25) is 9.88 Å². The molecule has 1 fully saturated rings. The molecule has 1 aliphatic heterocycles. The number of hydrogen-bond donors (Lipinski definition) is 0. The Kier molecular flexibility index (Phi) is 4.13. The summed E-state index contributed by atoms with van der Waals surface area (Å²) in [6.07, 6.45) is 0. The molecule has 6 heteroatoms. The fourth-order valence-electron chi connectivity index (χ4n) is 2.47. The van der Waals surface area contributed by atoms with Crippen molar-refractivity contribution in [3.8, 4) is 0 Å². The van der Waals surface area contributed by atoms with Crippen molar-refractivity contribution in [1.82, 2.24) is 9.88 Å². The number of pyridine rings is 1. The van der Waals surface area contributed by atoms with Gasteiger partial charge in [-0.15, -0.1) is 0 Å². The maximum Gasteiger partial charge on any atom is 0.331 e. The van der Waals surface area contributed by atoms with Crippen LogP contribution < -0.4 is 4.90 Å². The number of nitrogens with zero attached hydrogens (tertiary/aromatic N) is 3. The largest absolute Gasteiger partial charge is 0.458 e. The first kappa shape index (κ1) is 16.3. The van der Waals surface area contributed by atoms with Crippen molar-refractivity contribution in [2.75, 3.05) is 18.5 Å². The highest BCUT2D eigenvalue weighted by atomic mass is 16.6. The van der Waals surface area contributed by atoms with Crippen LogP contribution in [0.2, 0.25) is 0 Å². The van der Waals surface area contributed by atoms with Gasteiger partial charge in [0, 0.05) is 12.7 Å². The number of esters is 1. The molecule has 1 saturated heterocycles. The summed E-state index contributed by atoms with van der Waals surface area (Å²) in [5, 5.41) is 0. The van der Waals surface area contributed by atoms with E-state index in [9.17, 15) is 9.59 Å². The minimum atomic E-state index is -0.604. The molecular formula is C16H23N3O3. The average Bonchev–Trinajstić information content (AvgIpc) is 2.65. The van der Waals surface area contributed by atoms with Gasteiger partial charge in [-0.25, -0.2) is 9.59 Å². The van der Waals surface area contributed by atoms with Crippen molar-refractivity contribution >= 4 is 17.7 Å².